The number of carbonyl (C=O) groups is 1. The first-order valence-corrected chi connectivity index (χ1v) is 9.00. The Bertz CT molecular complexity index is 684. The zero-order valence-corrected chi connectivity index (χ0v) is 14.2. The van der Waals surface area contributed by atoms with Crippen LogP contribution in [0.25, 0.3) is 6.08 Å². The van der Waals surface area contributed by atoms with Gasteiger partial charge in [-0.05, 0) is 31.4 Å². The minimum Gasteiger partial charge on any atom is -0.352 e. The summed E-state index contributed by atoms with van der Waals surface area (Å²) in [5, 5.41) is 6.06. The van der Waals surface area contributed by atoms with Crippen molar-refractivity contribution in [2.75, 3.05) is 6.54 Å². The summed E-state index contributed by atoms with van der Waals surface area (Å²) in [6, 6.07) is 10.6. The van der Waals surface area contributed by atoms with Crippen LogP contribution in [0.3, 0.4) is 0 Å². The molecule has 0 bridgehead atoms. The van der Waals surface area contributed by atoms with Crippen molar-refractivity contribution in [2.24, 2.45) is 0 Å². The third kappa shape index (κ3) is 3.88. The van der Waals surface area contributed by atoms with Crippen LogP contribution in [0, 0.1) is 6.92 Å². The molecule has 0 aliphatic heterocycles. The van der Waals surface area contributed by atoms with Crippen LogP contribution in [0.5, 0.6) is 0 Å². The fraction of sp³-hybridized carbons (Fsp3) is 0.368. The van der Waals surface area contributed by atoms with Gasteiger partial charge in [0.05, 0.1) is 10.7 Å². The number of hydrogen-bond acceptors (Lipinski definition) is 3. The van der Waals surface area contributed by atoms with E-state index in [1.807, 2.05) is 18.4 Å². The summed E-state index contributed by atoms with van der Waals surface area (Å²) < 4.78 is 0. The lowest BCUT2D eigenvalue weighted by molar-refractivity contribution is -0.116. The van der Waals surface area contributed by atoms with Gasteiger partial charge in [0.1, 0.15) is 0 Å². The summed E-state index contributed by atoms with van der Waals surface area (Å²) in [7, 11) is 0. The highest BCUT2D eigenvalue weighted by molar-refractivity contribution is 7.09. The van der Waals surface area contributed by atoms with Gasteiger partial charge in [0.2, 0.25) is 5.91 Å². The Kier molecular flexibility index (Phi) is 4.91. The summed E-state index contributed by atoms with van der Waals surface area (Å²) >= 11 is 1.59. The molecule has 0 spiro atoms. The maximum atomic E-state index is 12.1. The predicted molar refractivity (Wildman–Crippen MR) is 95.5 cm³/mol. The van der Waals surface area contributed by atoms with Crippen molar-refractivity contribution in [3.05, 3.63) is 58.1 Å². The Morgan fingerprint density at radius 3 is 2.70 bits per heavy atom. The van der Waals surface area contributed by atoms with Crippen LogP contribution in [0.1, 0.15) is 41.9 Å². The number of nitrogens with one attached hydrogen (secondary N) is 1. The van der Waals surface area contributed by atoms with E-state index in [-0.39, 0.29) is 11.3 Å². The number of hydrogen-bond donors (Lipinski definition) is 1. The number of aromatic nitrogens is 1. The molecule has 4 heteroatoms. The summed E-state index contributed by atoms with van der Waals surface area (Å²) in [5.74, 6) is -0.0436. The third-order valence-electron chi connectivity index (χ3n) is 4.59. The number of aryl methyl sites for hydroxylation is 1. The minimum absolute atomic E-state index is 0.0436. The number of nitrogens with zero attached hydrogens (tertiary/aromatic N) is 1. The first-order valence-electron chi connectivity index (χ1n) is 8.12. The fourth-order valence-corrected chi connectivity index (χ4v) is 3.92. The highest BCUT2D eigenvalue weighted by Gasteiger charge is 2.35. The van der Waals surface area contributed by atoms with Gasteiger partial charge in [-0.15, -0.1) is 11.3 Å². The van der Waals surface area contributed by atoms with Gasteiger partial charge in [0.25, 0.3) is 0 Å². The largest absolute Gasteiger partial charge is 0.352 e. The first kappa shape index (κ1) is 15.9. The lowest BCUT2D eigenvalue weighted by Crippen LogP contribution is -2.38. The molecule has 0 unspecified atom stereocenters. The molecule has 1 N–H and O–H groups in total. The Morgan fingerprint density at radius 1 is 1.30 bits per heavy atom. The highest BCUT2D eigenvalue weighted by atomic mass is 32.1. The Labute approximate surface area is 141 Å². The van der Waals surface area contributed by atoms with Gasteiger partial charge in [0, 0.05) is 23.4 Å². The zero-order chi connectivity index (χ0) is 16.1. The molecule has 1 fully saturated rings. The van der Waals surface area contributed by atoms with Crippen LogP contribution >= 0.6 is 11.3 Å². The van der Waals surface area contributed by atoms with E-state index in [2.05, 4.69) is 34.6 Å². The number of carbonyl (C=O) groups excluding carboxylic acids is 1. The Hall–Kier alpha value is -1.94. The molecule has 3 rings (SSSR count). The van der Waals surface area contributed by atoms with Crippen LogP contribution in [0.4, 0.5) is 0 Å². The Morgan fingerprint density at radius 2 is 2.04 bits per heavy atom. The SMILES string of the molecule is Cc1nc(/C=C/C(=O)NCC2(c3ccccc3)CCCC2)cs1. The first-order chi connectivity index (χ1) is 11.2. The van der Waals surface area contributed by atoms with Crippen molar-refractivity contribution >= 4 is 23.3 Å². The molecule has 2 aromatic rings. The van der Waals surface area contributed by atoms with E-state index in [0.717, 1.165) is 23.5 Å². The topological polar surface area (TPSA) is 42.0 Å². The molecule has 120 valence electrons. The smallest absolute Gasteiger partial charge is 0.244 e. The normalized spacial score (nSPS) is 16.7. The van der Waals surface area contributed by atoms with Gasteiger partial charge in [-0.1, -0.05) is 43.2 Å². The molecule has 0 atom stereocenters. The van der Waals surface area contributed by atoms with Crippen molar-refractivity contribution in [1.29, 1.82) is 0 Å². The van der Waals surface area contributed by atoms with Crippen LogP contribution in [0.15, 0.2) is 41.8 Å². The average molecular weight is 326 g/mol. The zero-order valence-electron chi connectivity index (χ0n) is 13.4. The van der Waals surface area contributed by atoms with Crippen molar-refractivity contribution in [2.45, 2.75) is 38.0 Å². The van der Waals surface area contributed by atoms with E-state index in [1.54, 1.807) is 23.5 Å². The van der Waals surface area contributed by atoms with E-state index in [1.165, 1.54) is 18.4 Å². The molecule has 23 heavy (non-hydrogen) atoms. The maximum Gasteiger partial charge on any atom is 0.244 e. The van der Waals surface area contributed by atoms with Crippen LogP contribution in [-0.4, -0.2) is 17.4 Å². The van der Waals surface area contributed by atoms with Gasteiger partial charge in [-0.25, -0.2) is 4.98 Å². The minimum atomic E-state index is -0.0436. The number of rotatable bonds is 5. The van der Waals surface area contributed by atoms with Crippen LogP contribution < -0.4 is 5.32 Å². The molecule has 3 nitrogen and oxygen atoms in total. The summed E-state index contributed by atoms with van der Waals surface area (Å²) in [5.41, 5.74) is 2.29. The van der Waals surface area contributed by atoms with Crippen molar-refractivity contribution in [1.82, 2.24) is 10.3 Å². The number of benzene rings is 1. The second kappa shape index (κ2) is 7.09. The van der Waals surface area contributed by atoms with Gasteiger partial charge >= 0.3 is 0 Å². The average Bonchev–Trinajstić information content (AvgIpc) is 3.22. The molecule has 1 saturated carbocycles. The molecule has 1 heterocycles. The quantitative estimate of drug-likeness (QED) is 0.841. The summed E-state index contributed by atoms with van der Waals surface area (Å²) in [4.78, 5) is 16.5. The number of thiazole rings is 1. The summed E-state index contributed by atoms with van der Waals surface area (Å²) in [6.07, 6.45) is 8.13. The molecule has 1 aliphatic carbocycles. The van der Waals surface area contributed by atoms with Crippen molar-refractivity contribution in [3.63, 3.8) is 0 Å². The van der Waals surface area contributed by atoms with E-state index >= 15 is 0 Å². The van der Waals surface area contributed by atoms with Crippen LogP contribution in [0.2, 0.25) is 0 Å². The van der Waals surface area contributed by atoms with Gasteiger partial charge < -0.3 is 5.32 Å². The van der Waals surface area contributed by atoms with E-state index in [9.17, 15) is 4.79 Å². The summed E-state index contributed by atoms with van der Waals surface area (Å²) in [6.45, 7) is 2.67. The maximum absolute atomic E-state index is 12.1. The molecule has 1 amide bonds. The second-order valence-electron chi connectivity index (χ2n) is 6.20. The van der Waals surface area contributed by atoms with Crippen LogP contribution in [-0.2, 0) is 10.2 Å². The lowest BCUT2D eigenvalue weighted by Gasteiger charge is -2.29. The third-order valence-corrected chi connectivity index (χ3v) is 5.38. The predicted octanol–water partition coefficient (Wildman–Crippen LogP) is 4.09. The number of amides is 1. The highest BCUT2D eigenvalue weighted by Crippen LogP contribution is 2.40. The van der Waals surface area contributed by atoms with Gasteiger partial charge in [0.15, 0.2) is 0 Å². The second-order valence-corrected chi connectivity index (χ2v) is 7.26. The molecule has 1 aromatic heterocycles. The fourth-order valence-electron chi connectivity index (χ4n) is 3.34. The Balaban J connectivity index is 1.63. The standard InChI is InChI=1S/C19H22N2OS/c1-15-21-17(13-23-15)9-10-18(22)20-14-19(11-5-6-12-19)16-7-3-2-4-8-16/h2-4,7-10,13H,5-6,11-12,14H2,1H3,(H,20,22)/b10-9+. The van der Waals surface area contributed by atoms with E-state index in [0.29, 0.717) is 6.54 Å². The monoisotopic (exact) mass is 326 g/mol. The van der Waals surface area contributed by atoms with Gasteiger partial charge in [-0.2, -0.15) is 0 Å². The lowest BCUT2D eigenvalue weighted by atomic mass is 9.79. The van der Waals surface area contributed by atoms with E-state index in [4.69, 9.17) is 0 Å². The molecule has 1 aromatic carbocycles. The molecule has 1 aliphatic rings. The van der Waals surface area contributed by atoms with Gasteiger partial charge in [-0.3, -0.25) is 4.79 Å². The molecular formula is C19H22N2OS. The molecule has 0 radical (unpaired) electrons. The van der Waals surface area contributed by atoms with Crippen molar-refractivity contribution < 1.29 is 4.79 Å². The van der Waals surface area contributed by atoms with E-state index < -0.39 is 0 Å². The molecular weight excluding hydrogens is 304 g/mol. The van der Waals surface area contributed by atoms with Crippen molar-refractivity contribution in [3.8, 4) is 0 Å². The molecule has 0 saturated heterocycles.